The second-order valence-electron chi connectivity index (χ2n) is 5.48. The third-order valence-corrected chi connectivity index (χ3v) is 3.85. The van der Waals surface area contributed by atoms with E-state index in [0.717, 1.165) is 0 Å². The fourth-order valence-corrected chi connectivity index (χ4v) is 2.58. The molecule has 7 heteroatoms. The average Bonchev–Trinajstić information content (AvgIpc) is 2.71. The van der Waals surface area contributed by atoms with Gasteiger partial charge in [0, 0.05) is 5.56 Å². The molecule has 1 unspecified atom stereocenters. The van der Waals surface area contributed by atoms with Crippen LogP contribution in [0, 0.1) is 0 Å². The Morgan fingerprint density at radius 1 is 0.963 bits per heavy atom. The molecule has 27 heavy (non-hydrogen) atoms. The summed E-state index contributed by atoms with van der Waals surface area (Å²) in [6, 6.07) is 10.8. The summed E-state index contributed by atoms with van der Waals surface area (Å²) < 4.78 is 21.1. The van der Waals surface area contributed by atoms with Gasteiger partial charge in [-0.25, -0.2) is 4.79 Å². The van der Waals surface area contributed by atoms with Crippen LogP contribution in [0.5, 0.6) is 17.2 Å². The zero-order chi connectivity index (χ0) is 19.8. The minimum atomic E-state index is -1.04. The van der Waals surface area contributed by atoms with Crippen LogP contribution in [-0.4, -0.2) is 39.8 Å². The van der Waals surface area contributed by atoms with Gasteiger partial charge < -0.3 is 24.3 Å². The lowest BCUT2D eigenvalue weighted by Gasteiger charge is -2.20. The fourth-order valence-electron chi connectivity index (χ4n) is 2.58. The smallest absolute Gasteiger partial charge is 0.333 e. The van der Waals surface area contributed by atoms with Gasteiger partial charge >= 0.3 is 5.97 Å². The lowest BCUT2D eigenvalue weighted by Crippen LogP contribution is -2.35. The zero-order valence-electron chi connectivity index (χ0n) is 15.8. The lowest BCUT2D eigenvalue weighted by atomic mass is 10.0. The number of carbonyl (C=O) groups excluding carboxylic acids is 2. The number of esters is 1. The molecule has 0 aliphatic carbocycles. The summed E-state index contributed by atoms with van der Waals surface area (Å²) in [6.07, 6.45) is 0. The summed E-state index contributed by atoms with van der Waals surface area (Å²) in [5, 5.41) is 2.71. The van der Waals surface area contributed by atoms with Gasteiger partial charge in [0.25, 0.3) is 5.91 Å². The van der Waals surface area contributed by atoms with E-state index in [1.165, 1.54) is 21.3 Å². The Morgan fingerprint density at radius 3 is 2.04 bits per heavy atom. The highest BCUT2D eigenvalue weighted by molar-refractivity contribution is 5.97. The predicted octanol–water partition coefficient (Wildman–Crippen LogP) is 2.75. The highest BCUT2D eigenvalue weighted by Gasteiger charge is 2.27. The summed E-state index contributed by atoms with van der Waals surface area (Å²) in [5.74, 6) is 0.143. The Labute approximate surface area is 158 Å². The molecule has 0 radical (unpaired) electrons. The van der Waals surface area contributed by atoms with E-state index in [0.29, 0.717) is 28.4 Å². The molecule has 2 rings (SSSR count). The number of hydrogen-bond acceptors (Lipinski definition) is 6. The highest BCUT2D eigenvalue weighted by atomic mass is 16.5. The molecule has 0 fully saturated rings. The monoisotopic (exact) mass is 373 g/mol. The predicted molar refractivity (Wildman–Crippen MR) is 99.4 cm³/mol. The van der Waals surface area contributed by atoms with Crippen LogP contribution in [0.1, 0.15) is 28.9 Å². The van der Waals surface area contributed by atoms with Gasteiger partial charge in [-0.05, 0) is 36.8 Å². The van der Waals surface area contributed by atoms with Crippen LogP contribution in [0.25, 0.3) is 0 Å². The number of rotatable bonds is 8. The first-order valence-electron chi connectivity index (χ1n) is 8.38. The van der Waals surface area contributed by atoms with Gasteiger partial charge in [-0.15, -0.1) is 0 Å². The topological polar surface area (TPSA) is 83.1 Å². The van der Waals surface area contributed by atoms with E-state index >= 15 is 0 Å². The van der Waals surface area contributed by atoms with E-state index in [-0.39, 0.29) is 6.61 Å². The average molecular weight is 373 g/mol. The zero-order valence-corrected chi connectivity index (χ0v) is 15.8. The standard InChI is InChI=1S/C20H23NO6/c1-5-27-20(23)17(21-19(22)13-9-7-6-8-10-13)14-11-15(24-2)18(26-4)16(12-14)25-3/h6-12,17H,5H2,1-4H3,(H,21,22). The number of amides is 1. The van der Waals surface area contributed by atoms with Gasteiger partial charge in [-0.1, -0.05) is 18.2 Å². The minimum absolute atomic E-state index is 0.182. The molecule has 0 aliphatic heterocycles. The van der Waals surface area contributed by atoms with E-state index in [9.17, 15) is 9.59 Å². The lowest BCUT2D eigenvalue weighted by molar-refractivity contribution is -0.145. The molecule has 0 aliphatic rings. The van der Waals surface area contributed by atoms with Crippen molar-refractivity contribution >= 4 is 11.9 Å². The second kappa shape index (κ2) is 9.47. The molecule has 1 amide bonds. The summed E-state index contributed by atoms with van der Waals surface area (Å²) in [7, 11) is 4.44. The first kappa shape index (κ1) is 20.1. The van der Waals surface area contributed by atoms with Crippen molar-refractivity contribution in [2.45, 2.75) is 13.0 Å². The molecule has 0 saturated carbocycles. The van der Waals surface area contributed by atoms with Gasteiger partial charge in [0.1, 0.15) is 0 Å². The maximum Gasteiger partial charge on any atom is 0.333 e. The molecule has 2 aromatic carbocycles. The molecular formula is C20H23NO6. The Kier molecular flexibility index (Phi) is 7.05. The van der Waals surface area contributed by atoms with Gasteiger partial charge in [0.05, 0.1) is 27.9 Å². The number of nitrogens with one attached hydrogen (secondary N) is 1. The molecule has 0 aromatic heterocycles. The Balaban J connectivity index is 2.45. The number of ether oxygens (including phenoxy) is 4. The normalized spacial score (nSPS) is 11.3. The quantitative estimate of drug-likeness (QED) is 0.717. The van der Waals surface area contributed by atoms with Crippen LogP contribution in [-0.2, 0) is 9.53 Å². The van der Waals surface area contributed by atoms with Crippen LogP contribution in [0.2, 0.25) is 0 Å². The van der Waals surface area contributed by atoms with Gasteiger partial charge in [0.15, 0.2) is 17.5 Å². The second-order valence-corrected chi connectivity index (χ2v) is 5.48. The number of carbonyl (C=O) groups is 2. The van der Waals surface area contributed by atoms with Crippen molar-refractivity contribution < 1.29 is 28.5 Å². The van der Waals surface area contributed by atoms with Crippen molar-refractivity contribution in [2.75, 3.05) is 27.9 Å². The molecule has 7 nitrogen and oxygen atoms in total. The molecule has 0 saturated heterocycles. The van der Waals surface area contributed by atoms with Crippen LogP contribution in [0.15, 0.2) is 42.5 Å². The van der Waals surface area contributed by atoms with Crippen molar-refractivity contribution in [2.24, 2.45) is 0 Å². The number of hydrogen-bond donors (Lipinski definition) is 1. The first-order valence-corrected chi connectivity index (χ1v) is 8.38. The number of benzene rings is 2. The van der Waals surface area contributed by atoms with Crippen molar-refractivity contribution in [3.05, 3.63) is 53.6 Å². The van der Waals surface area contributed by atoms with E-state index in [1.807, 2.05) is 0 Å². The minimum Gasteiger partial charge on any atom is -0.493 e. The summed E-state index contributed by atoms with van der Waals surface area (Å²) in [5.41, 5.74) is 0.881. The molecular weight excluding hydrogens is 350 g/mol. The summed E-state index contributed by atoms with van der Waals surface area (Å²) in [6.45, 7) is 1.88. The Bertz CT molecular complexity index is 765. The van der Waals surface area contributed by atoms with E-state index < -0.39 is 17.9 Å². The molecule has 2 aromatic rings. The van der Waals surface area contributed by atoms with Crippen molar-refractivity contribution in [1.82, 2.24) is 5.32 Å². The summed E-state index contributed by atoms with van der Waals surface area (Å²) in [4.78, 5) is 25.1. The summed E-state index contributed by atoms with van der Waals surface area (Å²) >= 11 is 0. The maximum absolute atomic E-state index is 12.6. The van der Waals surface area contributed by atoms with Gasteiger partial charge in [-0.2, -0.15) is 0 Å². The number of methoxy groups -OCH3 is 3. The van der Waals surface area contributed by atoms with Crippen molar-refractivity contribution in [1.29, 1.82) is 0 Å². The largest absolute Gasteiger partial charge is 0.493 e. The van der Waals surface area contributed by atoms with Crippen LogP contribution >= 0.6 is 0 Å². The van der Waals surface area contributed by atoms with Crippen LogP contribution in [0.4, 0.5) is 0 Å². The van der Waals surface area contributed by atoms with E-state index in [4.69, 9.17) is 18.9 Å². The Morgan fingerprint density at radius 2 is 1.56 bits per heavy atom. The van der Waals surface area contributed by atoms with E-state index in [1.54, 1.807) is 49.4 Å². The molecule has 144 valence electrons. The van der Waals surface area contributed by atoms with E-state index in [2.05, 4.69) is 5.32 Å². The third-order valence-electron chi connectivity index (χ3n) is 3.85. The van der Waals surface area contributed by atoms with Crippen LogP contribution in [0.3, 0.4) is 0 Å². The molecule has 1 N–H and O–H groups in total. The molecule has 1 atom stereocenters. The van der Waals surface area contributed by atoms with Crippen molar-refractivity contribution in [3.8, 4) is 17.2 Å². The molecule has 0 spiro atoms. The van der Waals surface area contributed by atoms with Gasteiger partial charge in [0.2, 0.25) is 5.75 Å². The highest BCUT2D eigenvalue weighted by Crippen LogP contribution is 2.39. The fraction of sp³-hybridized carbons (Fsp3) is 0.300. The molecule has 0 bridgehead atoms. The van der Waals surface area contributed by atoms with Crippen molar-refractivity contribution in [3.63, 3.8) is 0 Å². The van der Waals surface area contributed by atoms with Crippen LogP contribution < -0.4 is 19.5 Å². The molecule has 0 heterocycles. The van der Waals surface area contributed by atoms with Gasteiger partial charge in [-0.3, -0.25) is 4.79 Å². The SMILES string of the molecule is CCOC(=O)C(NC(=O)c1ccccc1)c1cc(OC)c(OC)c(OC)c1. The maximum atomic E-state index is 12.6. The Hall–Kier alpha value is -3.22. The third kappa shape index (κ3) is 4.69. The first-order chi connectivity index (χ1) is 13.0.